The molecule has 6 heteroatoms. The number of aryl methyl sites for hydroxylation is 3. The highest BCUT2D eigenvalue weighted by Crippen LogP contribution is 2.26. The van der Waals surface area contributed by atoms with Crippen LogP contribution in [0.5, 0.6) is 0 Å². The Kier molecular flexibility index (Phi) is 5.16. The fraction of sp³-hybridized carbons (Fsp3) is 0.350. The van der Waals surface area contributed by atoms with Crippen molar-refractivity contribution in [2.45, 2.75) is 38.2 Å². The fourth-order valence-corrected chi connectivity index (χ4v) is 5.05. The highest BCUT2D eigenvalue weighted by atomic mass is 32.2. The first-order valence-electron chi connectivity index (χ1n) is 8.61. The molecule has 1 aliphatic rings. The van der Waals surface area contributed by atoms with E-state index in [2.05, 4.69) is 5.16 Å². The topological polar surface area (TPSA) is 59.0 Å². The van der Waals surface area contributed by atoms with Crippen LogP contribution in [0.15, 0.2) is 52.5 Å². The van der Waals surface area contributed by atoms with Crippen molar-refractivity contribution in [3.05, 3.63) is 64.7 Å². The highest BCUT2D eigenvalue weighted by molar-refractivity contribution is 7.89. The smallest absolute Gasteiger partial charge is 0.243 e. The van der Waals surface area contributed by atoms with Gasteiger partial charge in [-0.3, -0.25) is 0 Å². The number of oxime groups is 1. The van der Waals surface area contributed by atoms with Crippen LogP contribution in [0.3, 0.4) is 0 Å². The van der Waals surface area contributed by atoms with Crippen LogP contribution >= 0.6 is 0 Å². The minimum atomic E-state index is -3.58. The van der Waals surface area contributed by atoms with Gasteiger partial charge in [0.15, 0.2) is 0 Å². The summed E-state index contributed by atoms with van der Waals surface area (Å²) in [6, 6.07) is 13.6. The molecular weight excluding hydrogens is 348 g/mol. The van der Waals surface area contributed by atoms with Gasteiger partial charge in [-0.2, -0.15) is 4.31 Å². The van der Waals surface area contributed by atoms with Crippen LogP contribution in [0.2, 0.25) is 0 Å². The number of likely N-dealkylation sites (N-methyl/N-ethyl adjacent to an activating group) is 1. The van der Waals surface area contributed by atoms with Crippen molar-refractivity contribution in [1.82, 2.24) is 4.31 Å². The zero-order chi connectivity index (χ0) is 18.9. The Bertz CT molecular complexity index is 914. The summed E-state index contributed by atoms with van der Waals surface area (Å²) in [5, 5.41) is 4.14. The van der Waals surface area contributed by atoms with Gasteiger partial charge in [0.05, 0.1) is 17.2 Å². The van der Waals surface area contributed by atoms with E-state index in [0.717, 1.165) is 28.0 Å². The molecule has 0 aromatic heterocycles. The van der Waals surface area contributed by atoms with Crippen LogP contribution in [0, 0.1) is 20.8 Å². The highest BCUT2D eigenvalue weighted by Gasteiger charge is 2.30. The Morgan fingerprint density at radius 1 is 1.12 bits per heavy atom. The summed E-state index contributed by atoms with van der Waals surface area (Å²) in [5.41, 5.74) is 4.45. The van der Waals surface area contributed by atoms with Gasteiger partial charge in [0.1, 0.15) is 6.10 Å². The number of rotatable bonds is 5. The Balaban J connectivity index is 1.74. The monoisotopic (exact) mass is 372 g/mol. The molecule has 3 rings (SSSR count). The van der Waals surface area contributed by atoms with Crippen molar-refractivity contribution in [1.29, 1.82) is 0 Å². The van der Waals surface area contributed by atoms with Gasteiger partial charge >= 0.3 is 0 Å². The Labute approximate surface area is 155 Å². The van der Waals surface area contributed by atoms with Gasteiger partial charge in [-0.15, -0.1) is 0 Å². The van der Waals surface area contributed by atoms with E-state index in [9.17, 15) is 8.42 Å². The second kappa shape index (κ2) is 7.21. The minimum Gasteiger partial charge on any atom is -0.390 e. The molecule has 0 unspecified atom stereocenters. The molecule has 0 aliphatic carbocycles. The number of hydrogen-bond donors (Lipinski definition) is 0. The second-order valence-electron chi connectivity index (χ2n) is 6.85. The average Bonchev–Trinajstić information content (AvgIpc) is 3.03. The Morgan fingerprint density at radius 2 is 1.73 bits per heavy atom. The van der Waals surface area contributed by atoms with Gasteiger partial charge in [-0.05, 0) is 37.5 Å². The number of benzene rings is 2. The molecule has 0 radical (unpaired) electrons. The molecule has 0 spiro atoms. The molecule has 2 aromatic carbocycles. The SMILES string of the molecule is Cc1cc(C)c(S(=O)(=O)N(C)C[C@H]2CC(c3ccccc3)=NO2)c(C)c1. The molecule has 0 amide bonds. The van der Waals surface area contributed by atoms with Crippen LogP contribution in [0.25, 0.3) is 0 Å². The maximum atomic E-state index is 13.1. The van der Waals surface area contributed by atoms with E-state index in [1.54, 1.807) is 7.05 Å². The molecule has 2 aromatic rings. The Morgan fingerprint density at radius 3 is 2.35 bits per heavy atom. The molecule has 138 valence electrons. The van der Waals surface area contributed by atoms with Crippen LogP contribution in [0.1, 0.15) is 28.7 Å². The lowest BCUT2D eigenvalue weighted by Gasteiger charge is -2.22. The normalized spacial score (nSPS) is 17.3. The summed E-state index contributed by atoms with van der Waals surface area (Å²) in [6.45, 7) is 5.90. The third-order valence-corrected chi connectivity index (χ3v) is 6.70. The van der Waals surface area contributed by atoms with Gasteiger partial charge in [-0.1, -0.05) is 53.2 Å². The lowest BCUT2D eigenvalue weighted by Crippen LogP contribution is -2.35. The summed E-state index contributed by atoms with van der Waals surface area (Å²) in [4.78, 5) is 5.87. The first-order valence-corrected chi connectivity index (χ1v) is 10.1. The zero-order valence-electron chi connectivity index (χ0n) is 15.6. The van der Waals surface area contributed by atoms with Crippen LogP contribution in [0.4, 0.5) is 0 Å². The van der Waals surface area contributed by atoms with Gasteiger partial charge in [0, 0.05) is 13.5 Å². The predicted octanol–water partition coefficient (Wildman–Crippen LogP) is 3.43. The summed E-state index contributed by atoms with van der Waals surface area (Å²) in [5.74, 6) is 0. The van der Waals surface area contributed by atoms with E-state index in [-0.39, 0.29) is 12.6 Å². The van der Waals surface area contributed by atoms with E-state index in [1.807, 2.05) is 63.2 Å². The number of sulfonamides is 1. The molecule has 0 saturated heterocycles. The Hall–Kier alpha value is -2.18. The van der Waals surface area contributed by atoms with Gasteiger partial charge in [0.25, 0.3) is 0 Å². The summed E-state index contributed by atoms with van der Waals surface area (Å²) in [6.07, 6.45) is 0.312. The quantitative estimate of drug-likeness (QED) is 0.808. The first-order chi connectivity index (χ1) is 12.3. The lowest BCUT2D eigenvalue weighted by molar-refractivity contribution is 0.0740. The van der Waals surface area contributed by atoms with Crippen LogP contribution in [-0.4, -0.2) is 38.1 Å². The molecule has 5 nitrogen and oxygen atoms in total. The maximum absolute atomic E-state index is 13.1. The predicted molar refractivity (Wildman–Crippen MR) is 103 cm³/mol. The van der Waals surface area contributed by atoms with E-state index in [4.69, 9.17) is 4.84 Å². The van der Waals surface area contributed by atoms with Crippen molar-refractivity contribution in [3.63, 3.8) is 0 Å². The summed E-state index contributed by atoms with van der Waals surface area (Å²) >= 11 is 0. The maximum Gasteiger partial charge on any atom is 0.243 e. The molecule has 1 aliphatic heterocycles. The molecule has 26 heavy (non-hydrogen) atoms. The van der Waals surface area contributed by atoms with Crippen molar-refractivity contribution in [3.8, 4) is 0 Å². The zero-order valence-corrected chi connectivity index (χ0v) is 16.4. The number of nitrogens with zero attached hydrogens (tertiary/aromatic N) is 2. The summed E-state index contributed by atoms with van der Waals surface area (Å²) in [7, 11) is -1.99. The van der Waals surface area contributed by atoms with Crippen LogP contribution in [-0.2, 0) is 14.9 Å². The van der Waals surface area contributed by atoms with Gasteiger partial charge in [-0.25, -0.2) is 8.42 Å². The fourth-order valence-electron chi connectivity index (χ4n) is 3.44. The van der Waals surface area contributed by atoms with Crippen molar-refractivity contribution < 1.29 is 13.3 Å². The van der Waals surface area contributed by atoms with Crippen molar-refractivity contribution >= 4 is 15.7 Å². The largest absolute Gasteiger partial charge is 0.390 e. The summed E-state index contributed by atoms with van der Waals surface area (Å²) < 4.78 is 27.5. The third kappa shape index (κ3) is 3.66. The molecule has 1 atom stereocenters. The van der Waals surface area contributed by atoms with E-state index in [1.165, 1.54) is 4.31 Å². The second-order valence-corrected chi connectivity index (χ2v) is 8.83. The van der Waals surface area contributed by atoms with E-state index < -0.39 is 10.0 Å². The molecule has 0 fully saturated rings. The average molecular weight is 372 g/mol. The lowest BCUT2D eigenvalue weighted by atomic mass is 10.1. The molecule has 0 bridgehead atoms. The standard InChI is InChI=1S/C20H24N2O3S/c1-14-10-15(2)20(16(3)11-14)26(23,24)22(4)13-18-12-19(21-25-18)17-8-6-5-7-9-17/h5-11,18H,12-13H2,1-4H3/t18-/m1/s1. The van der Waals surface area contributed by atoms with Crippen molar-refractivity contribution in [2.24, 2.45) is 5.16 Å². The molecule has 0 saturated carbocycles. The molecule has 0 N–H and O–H groups in total. The molecular formula is C20H24N2O3S. The number of hydrogen-bond acceptors (Lipinski definition) is 4. The van der Waals surface area contributed by atoms with Gasteiger partial charge < -0.3 is 4.84 Å². The van der Waals surface area contributed by atoms with E-state index in [0.29, 0.717) is 11.3 Å². The van der Waals surface area contributed by atoms with Gasteiger partial charge in [0.2, 0.25) is 10.0 Å². The van der Waals surface area contributed by atoms with Crippen LogP contribution < -0.4 is 0 Å². The molecule has 1 heterocycles. The van der Waals surface area contributed by atoms with Crippen molar-refractivity contribution in [2.75, 3.05) is 13.6 Å². The third-order valence-electron chi connectivity index (χ3n) is 4.57. The van der Waals surface area contributed by atoms with E-state index >= 15 is 0 Å². The minimum absolute atomic E-state index is 0.259. The first kappa shape index (κ1) is 18.6.